The van der Waals surface area contributed by atoms with Crippen LogP contribution in [-0.2, 0) is 12.6 Å². The maximum Gasteiger partial charge on any atom is 0.417 e. The van der Waals surface area contributed by atoms with E-state index < -0.39 is 29.2 Å². The Labute approximate surface area is 177 Å². The van der Waals surface area contributed by atoms with Gasteiger partial charge in [0.2, 0.25) is 5.95 Å². The highest BCUT2D eigenvalue weighted by Gasteiger charge is 2.37. The molecule has 0 bridgehead atoms. The molecule has 0 aliphatic carbocycles. The maximum atomic E-state index is 13.7. The maximum absolute atomic E-state index is 13.7. The first-order chi connectivity index (χ1) is 14.0. The Morgan fingerprint density at radius 2 is 1.87 bits per heavy atom. The van der Waals surface area contributed by atoms with Crippen LogP contribution in [0.4, 0.5) is 29.1 Å². The van der Waals surface area contributed by atoms with Gasteiger partial charge in [-0.15, -0.1) is 0 Å². The molecule has 0 saturated heterocycles. The molecule has 0 radical (unpaired) electrons. The Kier molecular flexibility index (Phi) is 6.14. The number of halogens is 6. The van der Waals surface area contributed by atoms with Gasteiger partial charge in [-0.25, -0.2) is 9.97 Å². The summed E-state index contributed by atoms with van der Waals surface area (Å²) >= 11 is 11.9. The van der Waals surface area contributed by atoms with Crippen molar-refractivity contribution in [1.82, 2.24) is 9.97 Å². The van der Waals surface area contributed by atoms with Gasteiger partial charge in [0.25, 0.3) is 5.91 Å². The number of primary amides is 1. The second kappa shape index (κ2) is 8.45. The van der Waals surface area contributed by atoms with Gasteiger partial charge in [-0.2, -0.15) is 17.6 Å². The number of alkyl halides is 3. The lowest BCUT2D eigenvalue weighted by atomic mass is 10.00. The van der Waals surface area contributed by atoms with Crippen molar-refractivity contribution in [2.45, 2.75) is 12.6 Å². The van der Waals surface area contributed by atoms with Crippen LogP contribution in [0.25, 0.3) is 0 Å². The SMILES string of the molecule is NC(=O)c1c(C(F)(F)F)cc(Nc2ccc(Cl)cc2Cl)nc1Cc1ccnc(F)c1. The molecule has 0 saturated carbocycles. The fraction of sp³-hybridized carbons (Fsp3) is 0.105. The van der Waals surface area contributed by atoms with Crippen molar-refractivity contribution in [2.75, 3.05) is 5.32 Å². The first-order valence-corrected chi connectivity index (χ1v) is 9.03. The number of carbonyl (C=O) groups is 1. The van der Waals surface area contributed by atoms with Crippen LogP contribution < -0.4 is 11.1 Å². The van der Waals surface area contributed by atoms with E-state index in [1.807, 2.05) is 0 Å². The number of anilines is 2. The van der Waals surface area contributed by atoms with E-state index in [0.29, 0.717) is 11.1 Å². The van der Waals surface area contributed by atoms with Crippen molar-refractivity contribution < 1.29 is 22.4 Å². The van der Waals surface area contributed by atoms with E-state index in [1.54, 1.807) is 0 Å². The third-order valence-corrected chi connectivity index (χ3v) is 4.55. The molecule has 3 rings (SSSR count). The lowest BCUT2D eigenvalue weighted by Gasteiger charge is -2.17. The standard InChI is InChI=1S/C19H12Cl2F4N4O/c20-10-1-2-13(12(21)7-10)28-16-8-11(19(23,24)25)17(18(26)30)14(29-16)5-9-3-4-27-15(22)6-9/h1-4,6-8H,5H2,(H2,26,30)(H,28,29). The van der Waals surface area contributed by atoms with Gasteiger partial charge in [0.1, 0.15) is 5.82 Å². The van der Waals surface area contributed by atoms with Crippen molar-refractivity contribution in [2.24, 2.45) is 5.73 Å². The molecule has 0 unspecified atom stereocenters. The van der Waals surface area contributed by atoms with Gasteiger partial charge in [0.15, 0.2) is 0 Å². The highest BCUT2D eigenvalue weighted by Crippen LogP contribution is 2.36. The van der Waals surface area contributed by atoms with Crippen LogP contribution in [0, 0.1) is 5.95 Å². The van der Waals surface area contributed by atoms with Gasteiger partial charge in [0, 0.05) is 17.6 Å². The molecular formula is C19H12Cl2F4N4O. The van der Waals surface area contributed by atoms with E-state index in [4.69, 9.17) is 28.9 Å². The van der Waals surface area contributed by atoms with Crippen LogP contribution >= 0.6 is 23.2 Å². The second-order valence-corrected chi connectivity index (χ2v) is 7.00. The Balaban J connectivity index is 2.15. The van der Waals surface area contributed by atoms with Crippen molar-refractivity contribution in [1.29, 1.82) is 0 Å². The van der Waals surface area contributed by atoms with Gasteiger partial charge in [-0.1, -0.05) is 23.2 Å². The molecule has 3 aromatic rings. The Morgan fingerprint density at radius 1 is 1.13 bits per heavy atom. The van der Waals surface area contributed by atoms with E-state index in [2.05, 4.69) is 15.3 Å². The van der Waals surface area contributed by atoms with Crippen LogP contribution in [0.5, 0.6) is 0 Å². The molecule has 0 spiro atoms. The largest absolute Gasteiger partial charge is 0.417 e. The molecule has 3 N–H and O–H groups in total. The van der Waals surface area contributed by atoms with E-state index in [0.717, 1.165) is 12.3 Å². The smallest absolute Gasteiger partial charge is 0.366 e. The second-order valence-electron chi connectivity index (χ2n) is 6.15. The van der Waals surface area contributed by atoms with Crippen molar-refractivity contribution in [3.05, 3.63) is 81.0 Å². The number of carbonyl (C=O) groups excluding carboxylic acids is 1. The molecule has 0 aliphatic heterocycles. The average Bonchev–Trinajstić information content (AvgIpc) is 2.62. The fourth-order valence-corrected chi connectivity index (χ4v) is 3.22. The molecule has 11 heteroatoms. The van der Waals surface area contributed by atoms with Gasteiger partial charge >= 0.3 is 6.18 Å². The number of nitrogens with two attached hydrogens (primary N) is 1. The first kappa shape index (κ1) is 21.8. The summed E-state index contributed by atoms with van der Waals surface area (Å²) in [6.07, 6.45) is -4.04. The van der Waals surface area contributed by atoms with Crippen LogP contribution in [0.1, 0.15) is 27.2 Å². The minimum Gasteiger partial charge on any atom is -0.366 e. The van der Waals surface area contributed by atoms with Gasteiger partial charge in [-0.3, -0.25) is 4.79 Å². The molecule has 0 aliphatic rings. The zero-order chi connectivity index (χ0) is 22.1. The number of pyridine rings is 2. The van der Waals surface area contributed by atoms with Crippen LogP contribution in [0.2, 0.25) is 10.0 Å². The number of benzene rings is 1. The number of aromatic nitrogens is 2. The summed E-state index contributed by atoms with van der Waals surface area (Å²) in [4.78, 5) is 19.3. The van der Waals surface area contributed by atoms with Crippen molar-refractivity contribution in [3.8, 4) is 0 Å². The zero-order valence-electron chi connectivity index (χ0n) is 14.9. The number of hydrogen-bond donors (Lipinski definition) is 2. The zero-order valence-corrected chi connectivity index (χ0v) is 16.4. The molecule has 0 atom stereocenters. The molecule has 2 aromatic heterocycles. The van der Waals surface area contributed by atoms with Gasteiger partial charge < -0.3 is 11.1 Å². The topological polar surface area (TPSA) is 80.9 Å². The summed E-state index contributed by atoms with van der Waals surface area (Å²) in [7, 11) is 0. The number of nitrogens with one attached hydrogen (secondary N) is 1. The van der Waals surface area contributed by atoms with Crippen molar-refractivity contribution >= 4 is 40.6 Å². The van der Waals surface area contributed by atoms with Gasteiger partial charge in [0.05, 0.1) is 27.5 Å². The molecule has 30 heavy (non-hydrogen) atoms. The van der Waals surface area contributed by atoms with Crippen molar-refractivity contribution in [3.63, 3.8) is 0 Å². The molecule has 1 amide bonds. The monoisotopic (exact) mass is 458 g/mol. The lowest BCUT2D eigenvalue weighted by molar-refractivity contribution is -0.138. The fourth-order valence-electron chi connectivity index (χ4n) is 2.76. The predicted molar refractivity (Wildman–Crippen MR) is 105 cm³/mol. The molecule has 1 aromatic carbocycles. The molecule has 5 nitrogen and oxygen atoms in total. The summed E-state index contributed by atoms with van der Waals surface area (Å²) in [5.41, 5.74) is 3.36. The lowest BCUT2D eigenvalue weighted by Crippen LogP contribution is -2.23. The summed E-state index contributed by atoms with van der Waals surface area (Å²) in [5.74, 6) is -2.37. The predicted octanol–water partition coefficient (Wildman–Crippen LogP) is 5.37. The molecule has 0 fully saturated rings. The van der Waals surface area contributed by atoms with Crippen LogP contribution in [-0.4, -0.2) is 15.9 Å². The summed E-state index contributed by atoms with van der Waals surface area (Å²) < 4.78 is 54.4. The van der Waals surface area contributed by atoms with E-state index >= 15 is 0 Å². The molecular weight excluding hydrogens is 447 g/mol. The summed E-state index contributed by atoms with van der Waals surface area (Å²) in [5, 5.41) is 3.16. The minimum absolute atomic E-state index is 0.148. The highest BCUT2D eigenvalue weighted by atomic mass is 35.5. The molecule has 2 heterocycles. The third kappa shape index (κ3) is 4.98. The number of nitrogens with zero attached hydrogens (tertiary/aromatic N) is 2. The van der Waals surface area contributed by atoms with E-state index in [9.17, 15) is 22.4 Å². The Bertz CT molecular complexity index is 1120. The highest BCUT2D eigenvalue weighted by molar-refractivity contribution is 6.36. The van der Waals surface area contributed by atoms with Crippen LogP contribution in [0.3, 0.4) is 0 Å². The normalized spacial score (nSPS) is 11.4. The average molecular weight is 459 g/mol. The Morgan fingerprint density at radius 3 is 2.47 bits per heavy atom. The number of amides is 1. The van der Waals surface area contributed by atoms with E-state index in [1.165, 1.54) is 24.3 Å². The van der Waals surface area contributed by atoms with Crippen LogP contribution in [0.15, 0.2) is 42.6 Å². The van der Waals surface area contributed by atoms with E-state index in [-0.39, 0.29) is 34.2 Å². The number of rotatable bonds is 5. The first-order valence-electron chi connectivity index (χ1n) is 8.28. The van der Waals surface area contributed by atoms with Gasteiger partial charge in [-0.05, 0) is 42.0 Å². The quantitative estimate of drug-likeness (QED) is 0.397. The minimum atomic E-state index is -4.90. The molecule has 156 valence electrons. The summed E-state index contributed by atoms with van der Waals surface area (Å²) in [6.45, 7) is 0. The number of hydrogen-bond acceptors (Lipinski definition) is 4. The third-order valence-electron chi connectivity index (χ3n) is 4.00. The Hall–Kier alpha value is -2.91. The summed E-state index contributed by atoms with van der Waals surface area (Å²) in [6, 6.07) is 7.41.